The van der Waals surface area contributed by atoms with Crippen LogP contribution in [0.1, 0.15) is 42.8 Å². The molecule has 1 saturated carbocycles. The maximum absolute atomic E-state index is 9.88. The summed E-state index contributed by atoms with van der Waals surface area (Å²) in [7, 11) is 0. The predicted molar refractivity (Wildman–Crippen MR) is 124 cm³/mol. The number of ether oxygens (including phenoxy) is 2. The zero-order chi connectivity index (χ0) is 22.7. The third kappa shape index (κ3) is 5.05. The molecule has 0 amide bonds. The van der Waals surface area contributed by atoms with Crippen LogP contribution in [0.5, 0.6) is 0 Å². The average molecular weight is 459 g/mol. The number of aromatic nitrogens is 2. The van der Waals surface area contributed by atoms with E-state index in [2.05, 4.69) is 27.5 Å². The maximum atomic E-state index is 9.88. The molecule has 32 heavy (non-hydrogen) atoms. The number of nitrogens with one attached hydrogen (secondary N) is 2. The van der Waals surface area contributed by atoms with Crippen molar-refractivity contribution >= 4 is 23.1 Å². The summed E-state index contributed by atoms with van der Waals surface area (Å²) in [6.45, 7) is 6.42. The molecule has 3 heterocycles. The largest absolute Gasteiger partial charge is 0.396 e. The number of hydrogen-bond acceptors (Lipinski definition) is 9. The highest BCUT2D eigenvalue weighted by molar-refractivity contribution is 7.10. The van der Waals surface area contributed by atoms with E-state index in [1.165, 1.54) is 0 Å². The Labute approximate surface area is 192 Å². The highest BCUT2D eigenvalue weighted by Crippen LogP contribution is 2.42. The number of anilines is 2. The van der Waals surface area contributed by atoms with Gasteiger partial charge in [0, 0.05) is 25.7 Å². The monoisotopic (exact) mass is 458 g/mol. The van der Waals surface area contributed by atoms with Crippen LogP contribution in [-0.4, -0.2) is 64.0 Å². The molecular formula is C23H30N4O4S. The Morgan fingerprint density at radius 1 is 1.22 bits per heavy atom. The molecule has 1 aliphatic heterocycles. The third-order valence-electron chi connectivity index (χ3n) is 5.68. The molecule has 0 unspecified atom stereocenters. The van der Waals surface area contributed by atoms with Crippen molar-refractivity contribution in [3.63, 3.8) is 0 Å². The lowest BCUT2D eigenvalue weighted by Gasteiger charge is -2.24. The van der Waals surface area contributed by atoms with Gasteiger partial charge in [0.2, 0.25) is 5.95 Å². The van der Waals surface area contributed by atoms with E-state index in [9.17, 15) is 5.11 Å². The van der Waals surface area contributed by atoms with Crippen molar-refractivity contribution in [1.82, 2.24) is 9.97 Å². The van der Waals surface area contributed by atoms with E-state index in [1.807, 2.05) is 38.3 Å². The first-order valence-electron chi connectivity index (χ1n) is 10.9. The van der Waals surface area contributed by atoms with Crippen LogP contribution in [0.2, 0.25) is 0 Å². The van der Waals surface area contributed by atoms with Crippen molar-refractivity contribution in [3.05, 3.63) is 33.6 Å². The summed E-state index contributed by atoms with van der Waals surface area (Å²) in [5.41, 5.74) is 1.49. The van der Waals surface area contributed by atoms with Gasteiger partial charge in [-0.1, -0.05) is 17.9 Å². The number of nitrogens with zero attached hydrogens (tertiary/aromatic N) is 2. The van der Waals surface area contributed by atoms with E-state index >= 15 is 0 Å². The number of rotatable bonds is 7. The molecular weight excluding hydrogens is 428 g/mol. The van der Waals surface area contributed by atoms with E-state index in [0.717, 1.165) is 16.1 Å². The molecule has 9 heteroatoms. The quantitative estimate of drug-likeness (QED) is 0.370. The smallest absolute Gasteiger partial charge is 0.224 e. The van der Waals surface area contributed by atoms with Crippen molar-refractivity contribution in [2.75, 3.05) is 30.4 Å². The molecule has 0 bridgehead atoms. The van der Waals surface area contributed by atoms with Gasteiger partial charge in [0.15, 0.2) is 5.79 Å². The van der Waals surface area contributed by atoms with Crippen LogP contribution in [-0.2, 0) is 9.47 Å². The van der Waals surface area contributed by atoms with Gasteiger partial charge < -0.3 is 30.3 Å². The van der Waals surface area contributed by atoms with Crippen molar-refractivity contribution in [1.29, 1.82) is 0 Å². The van der Waals surface area contributed by atoms with Crippen molar-refractivity contribution in [2.45, 2.75) is 57.6 Å². The Morgan fingerprint density at radius 3 is 2.75 bits per heavy atom. The van der Waals surface area contributed by atoms with Gasteiger partial charge in [-0.3, -0.25) is 0 Å². The van der Waals surface area contributed by atoms with E-state index in [-0.39, 0.29) is 37.4 Å². The molecule has 2 aliphatic rings. The fourth-order valence-electron chi connectivity index (χ4n) is 4.24. The molecule has 8 nitrogen and oxygen atoms in total. The minimum absolute atomic E-state index is 0.00925. The number of aryl methyl sites for hydroxylation is 1. The van der Waals surface area contributed by atoms with Gasteiger partial charge in [-0.25, -0.2) is 4.98 Å². The Balaban J connectivity index is 1.64. The molecule has 2 aromatic rings. The molecule has 4 N–H and O–H groups in total. The standard InChI is InChI=1S/C23H30N4O4S/c1-14-17(8-7-16-6-4-11-32-16)21(27-22(25-14)24-9-5-10-28)26-18-12-15(13-29)19-20(18)31-23(2,3)30-19/h4,6,11,15,18-20,28-29H,5,9-10,12-13H2,1-3H3,(H2,24,25,26,27)/t15-,18-,19-,20+/m1/s1. The molecule has 0 radical (unpaired) electrons. The Bertz CT molecular complexity index is 986. The number of thiophene rings is 1. The van der Waals surface area contributed by atoms with E-state index in [0.29, 0.717) is 31.2 Å². The minimum atomic E-state index is -0.691. The highest BCUT2D eigenvalue weighted by Gasteiger charge is 2.53. The second-order valence-electron chi connectivity index (χ2n) is 8.58. The fraction of sp³-hybridized carbons (Fsp3) is 0.565. The molecule has 1 aliphatic carbocycles. The minimum Gasteiger partial charge on any atom is -0.396 e. The molecule has 0 spiro atoms. The van der Waals surface area contributed by atoms with Gasteiger partial charge in [0.25, 0.3) is 0 Å². The summed E-state index contributed by atoms with van der Waals surface area (Å²) in [6, 6.07) is 3.87. The van der Waals surface area contributed by atoms with Crippen LogP contribution in [0.25, 0.3) is 0 Å². The van der Waals surface area contributed by atoms with Gasteiger partial charge in [0.1, 0.15) is 11.9 Å². The molecule has 4 atom stereocenters. The summed E-state index contributed by atoms with van der Waals surface area (Å²) < 4.78 is 12.2. The molecule has 1 saturated heterocycles. The molecule has 4 rings (SSSR count). The number of aliphatic hydroxyl groups is 2. The maximum Gasteiger partial charge on any atom is 0.224 e. The van der Waals surface area contributed by atoms with Crippen molar-refractivity contribution in [2.24, 2.45) is 5.92 Å². The van der Waals surface area contributed by atoms with Gasteiger partial charge in [-0.15, -0.1) is 11.3 Å². The number of aliphatic hydroxyl groups excluding tert-OH is 2. The lowest BCUT2D eigenvalue weighted by Crippen LogP contribution is -2.35. The zero-order valence-electron chi connectivity index (χ0n) is 18.6. The number of hydrogen-bond donors (Lipinski definition) is 4. The van der Waals surface area contributed by atoms with Gasteiger partial charge >= 0.3 is 0 Å². The van der Waals surface area contributed by atoms with Crippen LogP contribution in [0.3, 0.4) is 0 Å². The first kappa shape index (κ1) is 23.0. The summed E-state index contributed by atoms with van der Waals surface area (Å²) in [6.07, 6.45) is 0.950. The van der Waals surface area contributed by atoms with E-state index in [1.54, 1.807) is 11.3 Å². The Morgan fingerprint density at radius 2 is 2.03 bits per heavy atom. The van der Waals surface area contributed by atoms with Crippen LogP contribution in [0.15, 0.2) is 17.5 Å². The second-order valence-corrected chi connectivity index (χ2v) is 9.53. The summed E-state index contributed by atoms with van der Waals surface area (Å²) in [5.74, 6) is 6.85. The van der Waals surface area contributed by atoms with Gasteiger partial charge in [0.05, 0.1) is 28.3 Å². The van der Waals surface area contributed by atoms with Crippen LogP contribution >= 0.6 is 11.3 Å². The first-order chi connectivity index (χ1) is 15.4. The highest BCUT2D eigenvalue weighted by atomic mass is 32.1. The zero-order valence-corrected chi connectivity index (χ0v) is 19.4. The first-order valence-corrected chi connectivity index (χ1v) is 11.8. The summed E-state index contributed by atoms with van der Waals surface area (Å²) >= 11 is 1.58. The lowest BCUT2D eigenvalue weighted by molar-refractivity contribution is -0.158. The van der Waals surface area contributed by atoms with Gasteiger partial charge in [-0.05, 0) is 45.1 Å². The van der Waals surface area contributed by atoms with Crippen LogP contribution in [0.4, 0.5) is 11.8 Å². The van der Waals surface area contributed by atoms with Crippen molar-refractivity contribution in [3.8, 4) is 11.8 Å². The summed E-state index contributed by atoms with van der Waals surface area (Å²) in [5, 5.41) is 27.6. The van der Waals surface area contributed by atoms with Crippen LogP contribution in [0, 0.1) is 24.7 Å². The van der Waals surface area contributed by atoms with E-state index < -0.39 is 5.79 Å². The van der Waals surface area contributed by atoms with Crippen LogP contribution < -0.4 is 10.6 Å². The fourth-order valence-corrected chi connectivity index (χ4v) is 4.81. The Hall–Kier alpha value is -2.22. The molecule has 0 aromatic carbocycles. The third-order valence-corrected chi connectivity index (χ3v) is 6.46. The summed E-state index contributed by atoms with van der Waals surface area (Å²) in [4.78, 5) is 10.2. The SMILES string of the molecule is Cc1nc(NCCCO)nc(N[C@@H]2C[C@H](CO)[C@H]3OC(C)(C)O[C@H]32)c1C#Cc1cccs1. The molecule has 172 valence electrons. The second kappa shape index (κ2) is 9.73. The predicted octanol–water partition coefficient (Wildman–Crippen LogP) is 2.35. The molecule has 2 aromatic heterocycles. The average Bonchev–Trinajstić information content (AvgIpc) is 3.44. The topological polar surface area (TPSA) is 109 Å². The molecule has 2 fully saturated rings. The lowest BCUT2D eigenvalue weighted by atomic mass is 10.1. The number of fused-ring (bicyclic) bond motifs is 1. The normalized spacial score (nSPS) is 25.8. The van der Waals surface area contributed by atoms with E-state index in [4.69, 9.17) is 19.6 Å². The Kier molecular flexibility index (Phi) is 6.98. The van der Waals surface area contributed by atoms with Crippen molar-refractivity contribution < 1.29 is 19.7 Å². The van der Waals surface area contributed by atoms with Gasteiger partial charge in [-0.2, -0.15) is 4.98 Å².